The third kappa shape index (κ3) is 3.96. The van der Waals surface area contributed by atoms with E-state index in [1.165, 1.54) is 25.9 Å². The molecule has 1 rings (SSSR count). The number of rotatable bonds is 3. The van der Waals surface area contributed by atoms with E-state index in [1.807, 2.05) is 0 Å². The first-order valence-corrected chi connectivity index (χ1v) is 7.14. The van der Waals surface area contributed by atoms with Crippen LogP contribution >= 0.6 is 0 Å². The maximum Gasteiger partial charge on any atom is 0.0121 e. The monoisotopic (exact) mass is 240 g/mol. The number of hydrogen-bond acceptors (Lipinski definition) is 2. The van der Waals surface area contributed by atoms with Gasteiger partial charge in [-0.2, -0.15) is 0 Å². The van der Waals surface area contributed by atoms with Crippen LogP contribution in [-0.2, 0) is 0 Å². The molecule has 2 nitrogen and oxygen atoms in total. The van der Waals surface area contributed by atoms with Gasteiger partial charge in [-0.15, -0.1) is 0 Å². The van der Waals surface area contributed by atoms with Crippen molar-refractivity contribution in [2.45, 2.75) is 59.5 Å². The highest BCUT2D eigenvalue weighted by Gasteiger charge is 2.36. The molecular formula is C15H32N2. The van der Waals surface area contributed by atoms with Gasteiger partial charge in [0, 0.05) is 25.2 Å². The van der Waals surface area contributed by atoms with E-state index in [4.69, 9.17) is 0 Å². The molecule has 0 aromatic heterocycles. The van der Waals surface area contributed by atoms with Gasteiger partial charge in [0.25, 0.3) is 0 Å². The Morgan fingerprint density at radius 2 is 1.88 bits per heavy atom. The number of nitrogens with zero attached hydrogens (tertiary/aromatic N) is 2. The van der Waals surface area contributed by atoms with Crippen LogP contribution in [0.5, 0.6) is 0 Å². The first-order valence-electron chi connectivity index (χ1n) is 7.14. The fraction of sp³-hybridized carbons (Fsp3) is 1.00. The Balaban J connectivity index is 2.79. The van der Waals surface area contributed by atoms with E-state index in [-0.39, 0.29) is 0 Å². The molecule has 0 aliphatic carbocycles. The van der Waals surface area contributed by atoms with Crippen molar-refractivity contribution in [3.63, 3.8) is 0 Å². The average Bonchev–Trinajstić information content (AvgIpc) is 2.28. The van der Waals surface area contributed by atoms with Crippen LogP contribution in [0.3, 0.4) is 0 Å². The van der Waals surface area contributed by atoms with Crippen LogP contribution in [0.15, 0.2) is 0 Å². The molecule has 1 aliphatic rings. The van der Waals surface area contributed by atoms with Gasteiger partial charge in [0.1, 0.15) is 0 Å². The fourth-order valence-corrected chi connectivity index (χ4v) is 3.10. The van der Waals surface area contributed by atoms with Crippen molar-refractivity contribution in [2.75, 3.05) is 27.2 Å². The molecule has 1 saturated heterocycles. The Morgan fingerprint density at radius 3 is 2.35 bits per heavy atom. The molecule has 102 valence electrons. The van der Waals surface area contributed by atoms with Crippen molar-refractivity contribution < 1.29 is 0 Å². The van der Waals surface area contributed by atoms with E-state index in [2.05, 4.69) is 58.5 Å². The molecule has 0 spiro atoms. The second kappa shape index (κ2) is 5.71. The summed E-state index contributed by atoms with van der Waals surface area (Å²) in [6.07, 6.45) is 2.73. The summed E-state index contributed by atoms with van der Waals surface area (Å²) in [4.78, 5) is 5.05. The van der Waals surface area contributed by atoms with Gasteiger partial charge in [-0.25, -0.2) is 0 Å². The maximum atomic E-state index is 2.71. The Bertz CT molecular complexity index is 233. The summed E-state index contributed by atoms with van der Waals surface area (Å²) in [6, 6.07) is 1.35. The second-order valence-electron chi connectivity index (χ2n) is 7.12. The summed E-state index contributed by atoms with van der Waals surface area (Å²) < 4.78 is 0. The minimum Gasteiger partial charge on any atom is -0.309 e. The van der Waals surface area contributed by atoms with E-state index >= 15 is 0 Å². The minimum atomic E-state index is 0.450. The van der Waals surface area contributed by atoms with Crippen LogP contribution in [0.2, 0.25) is 0 Å². The van der Waals surface area contributed by atoms with Crippen molar-refractivity contribution in [2.24, 2.45) is 11.3 Å². The molecular weight excluding hydrogens is 208 g/mol. The quantitative estimate of drug-likeness (QED) is 0.748. The van der Waals surface area contributed by atoms with E-state index in [1.54, 1.807) is 0 Å². The normalized spacial score (nSPS) is 30.9. The lowest BCUT2D eigenvalue weighted by molar-refractivity contribution is 0.0782. The molecule has 1 fully saturated rings. The van der Waals surface area contributed by atoms with Gasteiger partial charge in [0.2, 0.25) is 0 Å². The molecule has 0 aromatic rings. The zero-order chi connectivity index (χ0) is 13.2. The summed E-state index contributed by atoms with van der Waals surface area (Å²) in [5, 5.41) is 0. The van der Waals surface area contributed by atoms with Gasteiger partial charge in [-0.1, -0.05) is 13.8 Å². The van der Waals surface area contributed by atoms with Gasteiger partial charge in [-0.05, 0) is 59.0 Å². The molecule has 1 heterocycles. The third-order valence-corrected chi connectivity index (χ3v) is 4.58. The van der Waals surface area contributed by atoms with Crippen molar-refractivity contribution in [1.29, 1.82) is 0 Å². The summed E-state index contributed by atoms with van der Waals surface area (Å²) in [5.41, 5.74) is 0.450. The van der Waals surface area contributed by atoms with Crippen LogP contribution in [0.25, 0.3) is 0 Å². The Hall–Kier alpha value is -0.0800. The van der Waals surface area contributed by atoms with E-state index in [9.17, 15) is 0 Å². The van der Waals surface area contributed by atoms with Crippen molar-refractivity contribution in [3.8, 4) is 0 Å². The summed E-state index contributed by atoms with van der Waals surface area (Å²) in [5.74, 6) is 0.830. The molecule has 2 unspecified atom stereocenters. The Kier molecular flexibility index (Phi) is 5.03. The molecule has 17 heavy (non-hydrogen) atoms. The molecule has 0 N–H and O–H groups in total. The van der Waals surface area contributed by atoms with Crippen molar-refractivity contribution in [1.82, 2.24) is 9.80 Å². The first-order chi connectivity index (χ1) is 7.74. The summed E-state index contributed by atoms with van der Waals surface area (Å²) >= 11 is 0. The van der Waals surface area contributed by atoms with Gasteiger partial charge < -0.3 is 4.90 Å². The highest BCUT2D eigenvalue weighted by atomic mass is 15.2. The summed E-state index contributed by atoms with van der Waals surface area (Å²) in [7, 11) is 4.39. The van der Waals surface area contributed by atoms with Crippen LogP contribution < -0.4 is 0 Å². The largest absolute Gasteiger partial charge is 0.309 e. The molecule has 2 atom stereocenters. The highest BCUT2D eigenvalue weighted by molar-refractivity contribution is 4.90. The lowest BCUT2D eigenvalue weighted by Gasteiger charge is -2.40. The number of likely N-dealkylation sites (tertiary alicyclic amines) is 1. The van der Waals surface area contributed by atoms with Crippen LogP contribution in [0.4, 0.5) is 0 Å². The average molecular weight is 240 g/mol. The summed E-state index contributed by atoms with van der Waals surface area (Å²) in [6.45, 7) is 14.5. The first kappa shape index (κ1) is 15.0. The lowest BCUT2D eigenvalue weighted by Crippen LogP contribution is -2.47. The molecule has 2 heteroatoms. The zero-order valence-electron chi connectivity index (χ0n) is 13.0. The molecule has 0 amide bonds. The van der Waals surface area contributed by atoms with Gasteiger partial charge in [-0.3, -0.25) is 4.90 Å². The maximum absolute atomic E-state index is 2.71. The lowest BCUT2D eigenvalue weighted by atomic mass is 9.80. The highest BCUT2D eigenvalue weighted by Crippen LogP contribution is 2.36. The van der Waals surface area contributed by atoms with E-state index in [0.29, 0.717) is 17.5 Å². The molecule has 0 radical (unpaired) electrons. The predicted molar refractivity (Wildman–Crippen MR) is 76.4 cm³/mol. The van der Waals surface area contributed by atoms with Gasteiger partial charge >= 0.3 is 0 Å². The fourth-order valence-electron chi connectivity index (χ4n) is 3.10. The van der Waals surface area contributed by atoms with E-state index in [0.717, 1.165) is 5.92 Å². The van der Waals surface area contributed by atoms with Crippen LogP contribution in [-0.4, -0.2) is 49.1 Å². The van der Waals surface area contributed by atoms with Crippen molar-refractivity contribution in [3.05, 3.63) is 0 Å². The molecule has 0 aromatic carbocycles. The smallest absolute Gasteiger partial charge is 0.0121 e. The van der Waals surface area contributed by atoms with Crippen LogP contribution in [0.1, 0.15) is 47.5 Å². The number of hydrogen-bond donors (Lipinski definition) is 0. The Morgan fingerprint density at radius 1 is 1.29 bits per heavy atom. The topological polar surface area (TPSA) is 6.48 Å². The molecule has 0 saturated carbocycles. The predicted octanol–water partition coefficient (Wildman–Crippen LogP) is 3.08. The second-order valence-corrected chi connectivity index (χ2v) is 7.12. The van der Waals surface area contributed by atoms with Gasteiger partial charge in [0.05, 0.1) is 0 Å². The SMILES string of the molecule is CC(C)N1CC(CN(C)C)CCC(C)(C)C1C. The van der Waals surface area contributed by atoms with Crippen LogP contribution in [0, 0.1) is 11.3 Å². The van der Waals surface area contributed by atoms with Gasteiger partial charge in [0.15, 0.2) is 0 Å². The standard InChI is InChI=1S/C15H32N2/c1-12(2)17-11-14(10-16(6)7)8-9-15(4,5)13(17)3/h12-14H,8-11H2,1-7H3. The van der Waals surface area contributed by atoms with Crippen molar-refractivity contribution >= 4 is 0 Å². The zero-order valence-corrected chi connectivity index (χ0v) is 13.0. The van der Waals surface area contributed by atoms with E-state index < -0.39 is 0 Å². The molecule has 1 aliphatic heterocycles. The minimum absolute atomic E-state index is 0.450. The third-order valence-electron chi connectivity index (χ3n) is 4.58. The molecule has 0 bridgehead atoms. The Labute approximate surface area is 108 Å².